The van der Waals surface area contributed by atoms with Gasteiger partial charge in [-0.3, -0.25) is 4.79 Å². The summed E-state index contributed by atoms with van der Waals surface area (Å²) in [4.78, 5) is 24.9. The van der Waals surface area contributed by atoms with E-state index in [1.54, 1.807) is 0 Å². The average molecular weight is 334 g/mol. The second kappa shape index (κ2) is 6.24. The molecule has 128 valence electrons. The molecule has 3 heterocycles. The highest BCUT2D eigenvalue weighted by Crippen LogP contribution is 2.24. The minimum Gasteiger partial charge on any atom is -0.353 e. The average Bonchev–Trinajstić information content (AvgIpc) is 2.98. The highest BCUT2D eigenvalue weighted by atomic mass is 16.2. The van der Waals surface area contributed by atoms with Gasteiger partial charge < -0.3 is 14.8 Å². The molecular formula is C20H22N4O. The first-order chi connectivity index (χ1) is 12.1. The molecule has 1 amide bonds. The number of nitrogens with zero attached hydrogens (tertiary/aromatic N) is 3. The van der Waals surface area contributed by atoms with Crippen LogP contribution in [0.5, 0.6) is 0 Å². The Morgan fingerprint density at radius 1 is 1.08 bits per heavy atom. The molecule has 0 aliphatic carbocycles. The summed E-state index contributed by atoms with van der Waals surface area (Å²) in [6.07, 6.45) is 1.81. The van der Waals surface area contributed by atoms with Gasteiger partial charge in [0.25, 0.3) is 5.91 Å². The van der Waals surface area contributed by atoms with Crippen LogP contribution in [0.3, 0.4) is 0 Å². The molecular weight excluding hydrogens is 312 g/mol. The summed E-state index contributed by atoms with van der Waals surface area (Å²) in [6.45, 7) is 7.12. The van der Waals surface area contributed by atoms with Gasteiger partial charge in [0.05, 0.1) is 0 Å². The standard InChI is InChI=1S/C20H22N4O/c1-14-6-7-16-15(2)19(22-17(16)13-14)20(25)24-11-9-23(10-12-24)18-5-3-4-8-21-18/h3-8,13,22H,9-12H2,1-2H3. The number of carbonyl (C=O) groups is 1. The van der Waals surface area contributed by atoms with Gasteiger partial charge >= 0.3 is 0 Å². The highest BCUT2D eigenvalue weighted by molar-refractivity contribution is 6.01. The van der Waals surface area contributed by atoms with Crippen molar-refractivity contribution < 1.29 is 4.79 Å². The van der Waals surface area contributed by atoms with Gasteiger partial charge in [-0.1, -0.05) is 18.2 Å². The Morgan fingerprint density at radius 2 is 1.88 bits per heavy atom. The van der Waals surface area contributed by atoms with Crippen LogP contribution in [0, 0.1) is 13.8 Å². The number of amides is 1. The number of aromatic nitrogens is 2. The monoisotopic (exact) mass is 334 g/mol. The fraction of sp³-hybridized carbons (Fsp3) is 0.300. The molecule has 2 aromatic heterocycles. The number of pyridine rings is 1. The number of fused-ring (bicyclic) bond motifs is 1. The van der Waals surface area contributed by atoms with Crippen LogP contribution in [0.25, 0.3) is 10.9 Å². The molecule has 0 saturated carbocycles. The van der Waals surface area contributed by atoms with Gasteiger partial charge in [0, 0.05) is 43.3 Å². The summed E-state index contributed by atoms with van der Waals surface area (Å²) >= 11 is 0. The number of hydrogen-bond acceptors (Lipinski definition) is 3. The SMILES string of the molecule is Cc1ccc2c(C)c(C(=O)N3CCN(c4ccccn4)CC3)[nH]c2c1. The van der Waals surface area contributed by atoms with Crippen molar-refractivity contribution in [1.82, 2.24) is 14.9 Å². The van der Waals surface area contributed by atoms with Crippen LogP contribution in [0.15, 0.2) is 42.6 Å². The maximum absolute atomic E-state index is 13.0. The number of anilines is 1. The summed E-state index contributed by atoms with van der Waals surface area (Å²) in [7, 11) is 0. The van der Waals surface area contributed by atoms with E-state index in [0.29, 0.717) is 18.8 Å². The zero-order valence-corrected chi connectivity index (χ0v) is 14.6. The molecule has 5 nitrogen and oxygen atoms in total. The molecule has 0 radical (unpaired) electrons. The molecule has 1 aliphatic heterocycles. The van der Waals surface area contributed by atoms with Crippen molar-refractivity contribution in [2.24, 2.45) is 0 Å². The normalized spacial score (nSPS) is 15.0. The first-order valence-corrected chi connectivity index (χ1v) is 8.67. The lowest BCUT2D eigenvalue weighted by atomic mass is 10.1. The summed E-state index contributed by atoms with van der Waals surface area (Å²) in [6, 6.07) is 12.2. The summed E-state index contributed by atoms with van der Waals surface area (Å²) in [5.41, 5.74) is 3.98. The van der Waals surface area contributed by atoms with E-state index in [9.17, 15) is 4.79 Å². The van der Waals surface area contributed by atoms with E-state index in [-0.39, 0.29) is 5.91 Å². The van der Waals surface area contributed by atoms with E-state index in [4.69, 9.17) is 0 Å². The number of nitrogens with one attached hydrogen (secondary N) is 1. The van der Waals surface area contributed by atoms with Crippen LogP contribution in [-0.4, -0.2) is 47.0 Å². The number of piperazine rings is 1. The maximum Gasteiger partial charge on any atom is 0.270 e. The van der Waals surface area contributed by atoms with Crippen LogP contribution >= 0.6 is 0 Å². The van der Waals surface area contributed by atoms with Crippen molar-refractivity contribution >= 4 is 22.6 Å². The quantitative estimate of drug-likeness (QED) is 0.783. The Labute approximate surface area is 147 Å². The van der Waals surface area contributed by atoms with Crippen LogP contribution in [0.4, 0.5) is 5.82 Å². The molecule has 4 rings (SSSR count). The Bertz CT molecular complexity index is 908. The fourth-order valence-corrected chi connectivity index (χ4v) is 3.50. The summed E-state index contributed by atoms with van der Waals surface area (Å²) in [5, 5.41) is 1.13. The van der Waals surface area contributed by atoms with Crippen molar-refractivity contribution in [2.45, 2.75) is 13.8 Å². The topological polar surface area (TPSA) is 52.2 Å². The number of benzene rings is 1. The van der Waals surface area contributed by atoms with Crippen LogP contribution in [-0.2, 0) is 0 Å². The number of aromatic amines is 1. The molecule has 1 aromatic carbocycles. The molecule has 3 aromatic rings. The zero-order chi connectivity index (χ0) is 17.4. The van der Waals surface area contributed by atoms with Crippen molar-refractivity contribution in [3.05, 3.63) is 59.4 Å². The van der Waals surface area contributed by atoms with Gasteiger partial charge in [0.1, 0.15) is 11.5 Å². The molecule has 0 bridgehead atoms. The predicted octanol–water partition coefficient (Wildman–Crippen LogP) is 3.14. The van der Waals surface area contributed by atoms with Crippen molar-refractivity contribution in [3.8, 4) is 0 Å². The Hall–Kier alpha value is -2.82. The molecule has 1 fully saturated rings. The van der Waals surface area contributed by atoms with Crippen molar-refractivity contribution in [3.63, 3.8) is 0 Å². The maximum atomic E-state index is 13.0. The van der Waals surface area contributed by atoms with E-state index in [1.807, 2.05) is 36.2 Å². The summed E-state index contributed by atoms with van der Waals surface area (Å²) in [5.74, 6) is 1.07. The van der Waals surface area contributed by atoms with Gasteiger partial charge in [0.2, 0.25) is 0 Å². The minimum absolute atomic E-state index is 0.0898. The largest absolute Gasteiger partial charge is 0.353 e. The highest BCUT2D eigenvalue weighted by Gasteiger charge is 2.25. The third-order valence-electron chi connectivity index (χ3n) is 4.97. The van der Waals surface area contributed by atoms with E-state index in [1.165, 1.54) is 5.56 Å². The number of rotatable bonds is 2. The second-order valence-electron chi connectivity index (χ2n) is 6.64. The van der Waals surface area contributed by atoms with Gasteiger partial charge in [-0.2, -0.15) is 0 Å². The number of carbonyl (C=O) groups excluding carboxylic acids is 1. The van der Waals surface area contributed by atoms with E-state index in [2.05, 4.69) is 40.0 Å². The second-order valence-corrected chi connectivity index (χ2v) is 6.64. The third-order valence-corrected chi connectivity index (χ3v) is 4.97. The molecule has 1 N–H and O–H groups in total. The van der Waals surface area contributed by atoms with Crippen LogP contribution in [0.2, 0.25) is 0 Å². The lowest BCUT2D eigenvalue weighted by Gasteiger charge is -2.35. The summed E-state index contributed by atoms with van der Waals surface area (Å²) < 4.78 is 0. The van der Waals surface area contributed by atoms with Crippen molar-refractivity contribution in [1.29, 1.82) is 0 Å². The molecule has 1 aliphatic rings. The van der Waals surface area contributed by atoms with Crippen molar-refractivity contribution in [2.75, 3.05) is 31.1 Å². The van der Waals surface area contributed by atoms with Crippen LogP contribution in [0.1, 0.15) is 21.6 Å². The van der Waals surface area contributed by atoms with Gasteiger partial charge in [0.15, 0.2) is 0 Å². The molecule has 5 heteroatoms. The fourth-order valence-electron chi connectivity index (χ4n) is 3.50. The van der Waals surface area contributed by atoms with Gasteiger partial charge in [-0.05, 0) is 43.2 Å². The molecule has 0 spiro atoms. The van der Waals surface area contributed by atoms with Gasteiger partial charge in [-0.15, -0.1) is 0 Å². The number of aryl methyl sites for hydroxylation is 2. The van der Waals surface area contributed by atoms with E-state index < -0.39 is 0 Å². The number of H-pyrrole nitrogens is 1. The molecule has 25 heavy (non-hydrogen) atoms. The molecule has 0 unspecified atom stereocenters. The number of hydrogen-bond donors (Lipinski definition) is 1. The Morgan fingerprint density at radius 3 is 2.60 bits per heavy atom. The first-order valence-electron chi connectivity index (χ1n) is 8.67. The van der Waals surface area contributed by atoms with Crippen LogP contribution < -0.4 is 4.90 Å². The zero-order valence-electron chi connectivity index (χ0n) is 14.6. The first kappa shape index (κ1) is 15.7. The Kier molecular flexibility index (Phi) is 3.92. The lowest BCUT2D eigenvalue weighted by Crippen LogP contribution is -2.49. The molecule has 1 saturated heterocycles. The van der Waals surface area contributed by atoms with E-state index >= 15 is 0 Å². The smallest absolute Gasteiger partial charge is 0.270 e. The lowest BCUT2D eigenvalue weighted by molar-refractivity contribution is 0.0741. The molecule has 0 atom stereocenters. The third kappa shape index (κ3) is 2.86. The predicted molar refractivity (Wildman–Crippen MR) is 100 cm³/mol. The van der Waals surface area contributed by atoms with E-state index in [0.717, 1.165) is 35.4 Å². The Balaban J connectivity index is 1.52. The minimum atomic E-state index is 0.0898. The van der Waals surface area contributed by atoms with Gasteiger partial charge in [-0.25, -0.2) is 4.98 Å².